The number of hydrogen-bond donors (Lipinski definition) is 2. The molecule has 2 heterocycles. The Balaban J connectivity index is 1.79. The predicted octanol–water partition coefficient (Wildman–Crippen LogP) is 1.15. The highest BCUT2D eigenvalue weighted by molar-refractivity contribution is 5.97. The van der Waals surface area contributed by atoms with E-state index in [1.165, 1.54) is 0 Å². The van der Waals surface area contributed by atoms with Crippen molar-refractivity contribution in [1.29, 1.82) is 0 Å². The van der Waals surface area contributed by atoms with Gasteiger partial charge in [0.25, 0.3) is 0 Å². The molecule has 3 rings (SSSR count). The van der Waals surface area contributed by atoms with Crippen molar-refractivity contribution in [3.05, 3.63) is 29.3 Å². The Morgan fingerprint density at radius 3 is 2.76 bits per heavy atom. The van der Waals surface area contributed by atoms with Crippen LogP contribution in [0.2, 0.25) is 0 Å². The molecule has 3 N–H and O–H groups in total. The second-order valence-electron chi connectivity index (χ2n) is 5.66. The van der Waals surface area contributed by atoms with Crippen LogP contribution in [0.3, 0.4) is 0 Å². The third kappa shape index (κ3) is 2.96. The molecule has 2 bridgehead atoms. The SMILES string of the molecule is COc1ccc(/C(N)=N/O)cc1CN1CC2CCC(C1)O2. The zero-order valence-electron chi connectivity index (χ0n) is 12.2. The zero-order valence-corrected chi connectivity index (χ0v) is 12.2. The first-order valence-electron chi connectivity index (χ1n) is 7.22. The number of ether oxygens (including phenoxy) is 2. The highest BCUT2D eigenvalue weighted by Gasteiger charge is 2.33. The van der Waals surface area contributed by atoms with Crippen LogP contribution in [0.25, 0.3) is 0 Å². The second-order valence-corrected chi connectivity index (χ2v) is 5.66. The van der Waals surface area contributed by atoms with Crippen LogP contribution in [-0.2, 0) is 11.3 Å². The van der Waals surface area contributed by atoms with Crippen LogP contribution < -0.4 is 10.5 Å². The lowest BCUT2D eigenvalue weighted by molar-refractivity contribution is -0.0412. The van der Waals surface area contributed by atoms with E-state index in [2.05, 4.69) is 10.1 Å². The van der Waals surface area contributed by atoms with Gasteiger partial charge in [0.15, 0.2) is 5.84 Å². The molecule has 0 radical (unpaired) electrons. The number of nitrogens with two attached hydrogens (primary N) is 1. The molecule has 2 atom stereocenters. The molecule has 0 aliphatic carbocycles. The average Bonchev–Trinajstić information content (AvgIpc) is 2.85. The molecule has 0 aromatic heterocycles. The molecule has 21 heavy (non-hydrogen) atoms. The van der Waals surface area contributed by atoms with E-state index in [4.69, 9.17) is 20.4 Å². The molecule has 0 saturated carbocycles. The van der Waals surface area contributed by atoms with Crippen molar-refractivity contribution in [2.24, 2.45) is 10.9 Å². The molecule has 2 saturated heterocycles. The fourth-order valence-corrected chi connectivity index (χ4v) is 3.19. The summed E-state index contributed by atoms with van der Waals surface area (Å²) in [7, 11) is 1.66. The number of hydrogen-bond acceptors (Lipinski definition) is 5. The zero-order chi connectivity index (χ0) is 14.8. The third-order valence-corrected chi connectivity index (χ3v) is 4.20. The van der Waals surface area contributed by atoms with Gasteiger partial charge in [0.05, 0.1) is 19.3 Å². The summed E-state index contributed by atoms with van der Waals surface area (Å²) in [5.74, 6) is 0.935. The number of fused-ring (bicyclic) bond motifs is 2. The molecule has 2 fully saturated rings. The van der Waals surface area contributed by atoms with Gasteiger partial charge >= 0.3 is 0 Å². The Hall–Kier alpha value is -1.79. The Labute approximate surface area is 124 Å². The summed E-state index contributed by atoms with van der Waals surface area (Å²) in [4.78, 5) is 2.39. The normalized spacial score (nSPS) is 26.0. The minimum atomic E-state index is 0.112. The summed E-state index contributed by atoms with van der Waals surface area (Å²) >= 11 is 0. The van der Waals surface area contributed by atoms with Crippen molar-refractivity contribution in [3.63, 3.8) is 0 Å². The van der Waals surface area contributed by atoms with E-state index < -0.39 is 0 Å². The van der Waals surface area contributed by atoms with Gasteiger partial charge in [-0.05, 0) is 31.0 Å². The largest absolute Gasteiger partial charge is 0.496 e. The number of amidine groups is 1. The van der Waals surface area contributed by atoms with Gasteiger partial charge < -0.3 is 20.4 Å². The molecule has 2 unspecified atom stereocenters. The molecule has 1 aromatic carbocycles. The van der Waals surface area contributed by atoms with Gasteiger partial charge in [-0.2, -0.15) is 0 Å². The van der Waals surface area contributed by atoms with E-state index >= 15 is 0 Å². The van der Waals surface area contributed by atoms with E-state index in [9.17, 15) is 0 Å². The highest BCUT2D eigenvalue weighted by Crippen LogP contribution is 2.29. The average molecular weight is 291 g/mol. The van der Waals surface area contributed by atoms with E-state index in [-0.39, 0.29) is 5.84 Å². The molecule has 114 valence electrons. The summed E-state index contributed by atoms with van der Waals surface area (Å²) in [6, 6.07) is 5.57. The smallest absolute Gasteiger partial charge is 0.170 e. The number of nitrogens with zero attached hydrogens (tertiary/aromatic N) is 2. The summed E-state index contributed by atoms with van der Waals surface area (Å²) in [5.41, 5.74) is 7.41. The molecular weight excluding hydrogens is 270 g/mol. The number of morpholine rings is 1. The quantitative estimate of drug-likeness (QED) is 0.376. The molecule has 6 nitrogen and oxygen atoms in total. The van der Waals surface area contributed by atoms with Crippen molar-refractivity contribution < 1.29 is 14.7 Å². The van der Waals surface area contributed by atoms with Crippen LogP contribution in [0.1, 0.15) is 24.0 Å². The van der Waals surface area contributed by atoms with Gasteiger partial charge in [-0.3, -0.25) is 4.90 Å². The van der Waals surface area contributed by atoms with Crippen LogP contribution in [0.15, 0.2) is 23.4 Å². The minimum Gasteiger partial charge on any atom is -0.496 e. The lowest BCUT2D eigenvalue weighted by atomic mass is 10.1. The summed E-state index contributed by atoms with van der Waals surface area (Å²) in [6.45, 7) is 2.69. The van der Waals surface area contributed by atoms with Crippen molar-refractivity contribution >= 4 is 5.84 Å². The van der Waals surface area contributed by atoms with Crippen LogP contribution >= 0.6 is 0 Å². The number of oxime groups is 1. The Kier molecular flexibility index (Phi) is 3.98. The van der Waals surface area contributed by atoms with Crippen molar-refractivity contribution in [2.75, 3.05) is 20.2 Å². The molecule has 6 heteroatoms. The van der Waals surface area contributed by atoms with Gasteiger partial charge in [-0.15, -0.1) is 0 Å². The lowest BCUT2D eigenvalue weighted by Gasteiger charge is -2.32. The van der Waals surface area contributed by atoms with Crippen LogP contribution in [-0.4, -0.2) is 48.4 Å². The van der Waals surface area contributed by atoms with Gasteiger partial charge in [-0.1, -0.05) is 5.16 Å². The van der Waals surface area contributed by atoms with Crippen LogP contribution in [0.4, 0.5) is 0 Å². The number of likely N-dealkylation sites (tertiary alicyclic amines) is 1. The van der Waals surface area contributed by atoms with E-state index in [1.54, 1.807) is 13.2 Å². The van der Waals surface area contributed by atoms with Gasteiger partial charge in [0, 0.05) is 30.8 Å². The third-order valence-electron chi connectivity index (χ3n) is 4.20. The Morgan fingerprint density at radius 2 is 2.14 bits per heavy atom. The first-order valence-corrected chi connectivity index (χ1v) is 7.22. The van der Waals surface area contributed by atoms with Crippen LogP contribution in [0.5, 0.6) is 5.75 Å². The molecule has 2 aliphatic rings. The van der Waals surface area contributed by atoms with E-state index in [0.29, 0.717) is 17.8 Å². The van der Waals surface area contributed by atoms with Gasteiger partial charge in [0.1, 0.15) is 5.75 Å². The molecule has 1 aromatic rings. The standard InChI is InChI=1S/C15H21N3O3/c1-20-14-5-2-10(15(16)17-19)6-11(14)7-18-8-12-3-4-13(9-18)21-12/h2,5-6,12-13,19H,3-4,7-9H2,1H3,(H2,16,17). The maximum Gasteiger partial charge on any atom is 0.170 e. The first kappa shape index (κ1) is 14.2. The second kappa shape index (κ2) is 5.91. The van der Waals surface area contributed by atoms with E-state index in [0.717, 1.165) is 43.8 Å². The molecule has 0 amide bonds. The topological polar surface area (TPSA) is 80.3 Å². The Bertz CT molecular complexity index is 535. The first-order chi connectivity index (χ1) is 10.2. The molecular formula is C15H21N3O3. The lowest BCUT2D eigenvalue weighted by Crippen LogP contribution is -2.42. The Morgan fingerprint density at radius 1 is 1.43 bits per heavy atom. The number of rotatable bonds is 4. The highest BCUT2D eigenvalue weighted by atomic mass is 16.5. The predicted molar refractivity (Wildman–Crippen MR) is 78.7 cm³/mol. The van der Waals surface area contributed by atoms with Crippen molar-refractivity contribution in [1.82, 2.24) is 4.90 Å². The summed E-state index contributed by atoms with van der Waals surface area (Å²) < 4.78 is 11.3. The maximum absolute atomic E-state index is 8.81. The van der Waals surface area contributed by atoms with Crippen molar-refractivity contribution in [2.45, 2.75) is 31.6 Å². The van der Waals surface area contributed by atoms with E-state index in [1.807, 2.05) is 12.1 Å². The number of methoxy groups -OCH3 is 1. The van der Waals surface area contributed by atoms with Crippen LogP contribution in [0, 0.1) is 0 Å². The van der Waals surface area contributed by atoms with Gasteiger partial charge in [0.2, 0.25) is 0 Å². The van der Waals surface area contributed by atoms with Crippen molar-refractivity contribution in [3.8, 4) is 5.75 Å². The fraction of sp³-hybridized carbons (Fsp3) is 0.533. The summed E-state index contributed by atoms with van der Waals surface area (Å²) in [5, 5.41) is 11.9. The maximum atomic E-state index is 8.81. The number of benzene rings is 1. The molecule has 2 aliphatic heterocycles. The molecule has 0 spiro atoms. The summed E-state index contributed by atoms with van der Waals surface area (Å²) in [6.07, 6.45) is 3.04. The van der Waals surface area contributed by atoms with Gasteiger partial charge in [-0.25, -0.2) is 0 Å². The fourth-order valence-electron chi connectivity index (χ4n) is 3.19. The monoisotopic (exact) mass is 291 g/mol. The minimum absolute atomic E-state index is 0.112.